The van der Waals surface area contributed by atoms with Crippen molar-refractivity contribution in [1.29, 1.82) is 0 Å². The molecule has 2 aromatic rings. The van der Waals surface area contributed by atoms with Crippen molar-refractivity contribution in [2.45, 2.75) is 6.18 Å². The van der Waals surface area contributed by atoms with E-state index in [0.717, 1.165) is 0 Å². The van der Waals surface area contributed by atoms with Crippen LogP contribution in [0.3, 0.4) is 0 Å². The number of rotatable bonds is 5. The molecule has 0 aliphatic carbocycles. The minimum Gasteiger partial charge on any atom is -0.494 e. The Balaban J connectivity index is 2.42. The predicted octanol–water partition coefficient (Wildman–Crippen LogP) is 2.39. The molecule has 0 unspecified atom stereocenters. The summed E-state index contributed by atoms with van der Waals surface area (Å²) in [5.41, 5.74) is 4.66. The number of nitrogens with two attached hydrogens (primary N) is 1. The number of halogens is 3. The highest BCUT2D eigenvalue weighted by atomic mass is 19.4. The molecule has 4 N–H and O–H groups in total. The number of hydrogen-bond donors (Lipinski definition) is 3. The Morgan fingerprint density at radius 3 is 2.58 bits per heavy atom. The maximum Gasteiger partial charge on any atom is 0.421 e. The van der Waals surface area contributed by atoms with Crippen LogP contribution in [-0.2, 0) is 6.18 Å². The Bertz CT molecular complexity index is 765. The fourth-order valence-electron chi connectivity index (χ4n) is 2.01. The first kappa shape index (κ1) is 17.3. The molecule has 2 rings (SSSR count). The summed E-state index contributed by atoms with van der Waals surface area (Å²) in [4.78, 5) is 18.8. The van der Waals surface area contributed by atoms with Crippen molar-refractivity contribution < 1.29 is 22.7 Å². The van der Waals surface area contributed by atoms with Crippen molar-refractivity contribution in [1.82, 2.24) is 9.97 Å². The summed E-state index contributed by atoms with van der Waals surface area (Å²) in [6.07, 6.45) is -3.92. The van der Waals surface area contributed by atoms with Crippen LogP contribution in [-0.4, -0.2) is 30.0 Å². The van der Waals surface area contributed by atoms with E-state index in [-0.39, 0.29) is 28.8 Å². The zero-order chi connectivity index (χ0) is 17.9. The lowest BCUT2D eigenvalue weighted by atomic mass is 10.1. The van der Waals surface area contributed by atoms with Crippen molar-refractivity contribution >= 4 is 23.4 Å². The second-order valence-electron chi connectivity index (χ2n) is 4.58. The third kappa shape index (κ3) is 3.47. The fourth-order valence-corrected chi connectivity index (χ4v) is 2.01. The van der Waals surface area contributed by atoms with Gasteiger partial charge >= 0.3 is 6.18 Å². The van der Waals surface area contributed by atoms with Crippen LogP contribution in [0.25, 0.3) is 0 Å². The Kier molecular flexibility index (Phi) is 4.77. The maximum atomic E-state index is 12.8. The lowest BCUT2D eigenvalue weighted by Gasteiger charge is -2.15. The number of amides is 1. The Morgan fingerprint density at radius 1 is 1.33 bits per heavy atom. The first-order valence-corrected chi connectivity index (χ1v) is 6.63. The Labute approximate surface area is 135 Å². The molecule has 0 radical (unpaired) electrons. The number of aromatic nitrogens is 2. The van der Waals surface area contributed by atoms with E-state index < -0.39 is 17.6 Å². The van der Waals surface area contributed by atoms with Crippen molar-refractivity contribution in [2.24, 2.45) is 5.73 Å². The van der Waals surface area contributed by atoms with Gasteiger partial charge in [0.2, 0.25) is 5.95 Å². The number of nitrogens with one attached hydrogen (secondary N) is 2. The van der Waals surface area contributed by atoms with Crippen molar-refractivity contribution in [2.75, 3.05) is 24.8 Å². The second kappa shape index (κ2) is 6.60. The Morgan fingerprint density at radius 2 is 2.04 bits per heavy atom. The smallest absolute Gasteiger partial charge is 0.421 e. The number of nitrogens with zero attached hydrogens (tertiary/aromatic N) is 2. The number of carbonyl (C=O) groups is 1. The van der Waals surface area contributed by atoms with E-state index in [1.54, 1.807) is 6.07 Å². The molecule has 0 fully saturated rings. The normalized spacial score (nSPS) is 11.0. The minimum absolute atomic E-state index is 0.104. The van der Waals surface area contributed by atoms with E-state index in [4.69, 9.17) is 10.5 Å². The number of ether oxygens (including phenoxy) is 1. The van der Waals surface area contributed by atoms with Crippen LogP contribution in [0.1, 0.15) is 15.9 Å². The topological polar surface area (TPSA) is 102 Å². The predicted molar refractivity (Wildman–Crippen MR) is 81.4 cm³/mol. The molecule has 0 atom stereocenters. The summed E-state index contributed by atoms with van der Waals surface area (Å²) in [7, 11) is 2.65. The molecule has 1 amide bonds. The summed E-state index contributed by atoms with van der Waals surface area (Å²) < 4.78 is 43.7. The summed E-state index contributed by atoms with van der Waals surface area (Å²) >= 11 is 0. The molecular formula is C14H14F3N5O2. The standard InChI is InChI=1S/C14H14F3N5O2/c1-19-12-8(14(15,16)17)6-20-13(22-12)21-9-5-3-4-7(11(18)23)10(9)24-2/h3-6H,1-2H3,(H2,18,23)(H2,19,20,21,22). The molecule has 0 saturated heterocycles. The zero-order valence-corrected chi connectivity index (χ0v) is 12.7. The van der Waals surface area contributed by atoms with Crippen molar-refractivity contribution in [3.63, 3.8) is 0 Å². The van der Waals surface area contributed by atoms with Crippen LogP contribution < -0.4 is 21.1 Å². The monoisotopic (exact) mass is 341 g/mol. The van der Waals surface area contributed by atoms with E-state index in [1.165, 1.54) is 26.3 Å². The lowest BCUT2D eigenvalue weighted by molar-refractivity contribution is -0.137. The number of carbonyl (C=O) groups excluding carboxylic acids is 1. The molecule has 10 heteroatoms. The summed E-state index contributed by atoms with van der Waals surface area (Å²) in [6, 6.07) is 4.54. The van der Waals surface area contributed by atoms with Gasteiger partial charge in [0.25, 0.3) is 5.91 Å². The second-order valence-corrected chi connectivity index (χ2v) is 4.58. The van der Waals surface area contributed by atoms with Gasteiger partial charge in [0.1, 0.15) is 11.4 Å². The third-order valence-corrected chi connectivity index (χ3v) is 3.06. The zero-order valence-electron chi connectivity index (χ0n) is 12.7. The average molecular weight is 341 g/mol. The van der Waals surface area contributed by atoms with Crippen LogP contribution in [0.2, 0.25) is 0 Å². The van der Waals surface area contributed by atoms with Gasteiger partial charge in [-0.25, -0.2) is 4.98 Å². The van der Waals surface area contributed by atoms with E-state index >= 15 is 0 Å². The molecule has 1 aromatic carbocycles. The molecule has 0 saturated carbocycles. The summed E-state index contributed by atoms with van der Waals surface area (Å²) in [6.45, 7) is 0. The van der Waals surface area contributed by atoms with Crippen LogP contribution >= 0.6 is 0 Å². The molecule has 24 heavy (non-hydrogen) atoms. The largest absolute Gasteiger partial charge is 0.494 e. The third-order valence-electron chi connectivity index (χ3n) is 3.06. The highest BCUT2D eigenvalue weighted by Gasteiger charge is 2.35. The quantitative estimate of drug-likeness (QED) is 0.772. The van der Waals surface area contributed by atoms with Crippen LogP contribution in [0.5, 0.6) is 5.75 Å². The van der Waals surface area contributed by atoms with E-state index in [2.05, 4.69) is 20.6 Å². The highest BCUT2D eigenvalue weighted by Crippen LogP contribution is 2.35. The van der Waals surface area contributed by atoms with Gasteiger partial charge in [-0.3, -0.25) is 4.79 Å². The van der Waals surface area contributed by atoms with Crippen molar-refractivity contribution in [3.05, 3.63) is 35.5 Å². The number of para-hydroxylation sites is 1. The summed E-state index contributed by atoms with van der Waals surface area (Å²) in [5.74, 6) is -1.06. The number of methoxy groups -OCH3 is 1. The van der Waals surface area contributed by atoms with Gasteiger partial charge in [0, 0.05) is 13.2 Å². The van der Waals surface area contributed by atoms with Crippen LogP contribution in [0.15, 0.2) is 24.4 Å². The molecule has 0 aliphatic heterocycles. The number of hydrogen-bond acceptors (Lipinski definition) is 6. The highest BCUT2D eigenvalue weighted by molar-refractivity contribution is 5.97. The van der Waals surface area contributed by atoms with E-state index in [9.17, 15) is 18.0 Å². The van der Waals surface area contributed by atoms with E-state index in [1.807, 2.05) is 0 Å². The number of benzene rings is 1. The first-order chi connectivity index (χ1) is 11.3. The minimum atomic E-state index is -4.58. The van der Waals surface area contributed by atoms with Gasteiger partial charge in [-0.15, -0.1) is 0 Å². The molecule has 7 nitrogen and oxygen atoms in total. The average Bonchev–Trinajstić information content (AvgIpc) is 2.53. The SMILES string of the molecule is CNc1nc(Nc2cccc(C(N)=O)c2OC)ncc1C(F)(F)F. The number of alkyl halides is 3. The number of anilines is 3. The first-order valence-electron chi connectivity index (χ1n) is 6.63. The molecule has 0 bridgehead atoms. The van der Waals surface area contributed by atoms with Crippen LogP contribution in [0, 0.1) is 0 Å². The van der Waals surface area contributed by atoms with Gasteiger partial charge < -0.3 is 21.1 Å². The Hall–Kier alpha value is -3.04. The molecule has 0 spiro atoms. The molecular weight excluding hydrogens is 327 g/mol. The summed E-state index contributed by atoms with van der Waals surface area (Å²) in [5, 5.41) is 5.08. The van der Waals surface area contributed by atoms with Gasteiger partial charge in [-0.05, 0) is 12.1 Å². The fraction of sp³-hybridized carbons (Fsp3) is 0.214. The van der Waals surface area contributed by atoms with Gasteiger partial charge in [-0.2, -0.15) is 18.2 Å². The van der Waals surface area contributed by atoms with Crippen molar-refractivity contribution in [3.8, 4) is 5.75 Å². The van der Waals surface area contributed by atoms with E-state index in [0.29, 0.717) is 6.20 Å². The molecule has 128 valence electrons. The van der Waals surface area contributed by atoms with Gasteiger partial charge in [-0.1, -0.05) is 6.07 Å². The number of primary amides is 1. The maximum absolute atomic E-state index is 12.8. The molecule has 1 heterocycles. The van der Waals surface area contributed by atoms with Gasteiger partial charge in [0.15, 0.2) is 5.75 Å². The molecule has 0 aliphatic rings. The van der Waals surface area contributed by atoms with Crippen LogP contribution in [0.4, 0.5) is 30.6 Å². The van der Waals surface area contributed by atoms with Gasteiger partial charge in [0.05, 0.1) is 18.4 Å². The molecule has 1 aromatic heterocycles. The lowest BCUT2D eigenvalue weighted by Crippen LogP contribution is -2.14.